The summed E-state index contributed by atoms with van der Waals surface area (Å²) in [6.07, 6.45) is 1.74. The number of aryl methyl sites for hydroxylation is 1. The number of aromatic nitrogens is 1. The van der Waals surface area contributed by atoms with E-state index in [0.717, 1.165) is 50.4 Å². The second-order valence-corrected chi connectivity index (χ2v) is 6.92. The predicted octanol–water partition coefficient (Wildman–Crippen LogP) is 6.66. The minimum absolute atomic E-state index is 0.519. The Bertz CT molecular complexity index is 1290. The van der Waals surface area contributed by atoms with Gasteiger partial charge in [-0.15, -0.1) is 0 Å². The predicted molar refractivity (Wildman–Crippen MR) is 114 cm³/mol. The van der Waals surface area contributed by atoms with Crippen molar-refractivity contribution in [2.24, 2.45) is 0 Å². The normalized spacial score (nSPS) is 11.1. The highest BCUT2D eigenvalue weighted by Gasteiger charge is 2.08. The van der Waals surface area contributed by atoms with Gasteiger partial charge in [-0.3, -0.25) is 4.98 Å². The summed E-state index contributed by atoms with van der Waals surface area (Å²) >= 11 is 0. The van der Waals surface area contributed by atoms with Crippen molar-refractivity contribution in [2.45, 2.75) is 13.5 Å². The maximum atomic E-state index is 6.14. The van der Waals surface area contributed by atoms with Gasteiger partial charge in [-0.05, 0) is 48.9 Å². The van der Waals surface area contributed by atoms with Crippen LogP contribution in [0.1, 0.15) is 11.3 Å². The molecule has 4 nitrogen and oxygen atoms in total. The Morgan fingerprint density at radius 1 is 0.862 bits per heavy atom. The molecule has 2 aromatic heterocycles. The zero-order valence-corrected chi connectivity index (χ0v) is 16.0. The molecule has 0 bridgehead atoms. The molecule has 0 aliphatic heterocycles. The molecule has 0 spiro atoms. The van der Waals surface area contributed by atoms with Crippen molar-refractivity contribution in [2.75, 3.05) is 0 Å². The molecule has 0 radical (unpaired) electrons. The largest absolute Gasteiger partial charge is 0.489 e. The smallest absolute Gasteiger partial charge is 0.138 e. The van der Waals surface area contributed by atoms with E-state index in [1.54, 1.807) is 6.20 Å². The Morgan fingerprint density at radius 2 is 1.72 bits per heavy atom. The fourth-order valence-electron chi connectivity index (χ4n) is 3.36. The van der Waals surface area contributed by atoms with E-state index in [1.807, 2.05) is 85.8 Å². The number of pyridine rings is 1. The van der Waals surface area contributed by atoms with Gasteiger partial charge in [0, 0.05) is 29.1 Å². The summed E-state index contributed by atoms with van der Waals surface area (Å²) in [4.78, 5) is 4.47. The number of fused-ring (bicyclic) bond motifs is 2. The van der Waals surface area contributed by atoms with Crippen molar-refractivity contribution in [3.8, 4) is 17.2 Å². The van der Waals surface area contributed by atoms with Crippen molar-refractivity contribution >= 4 is 21.9 Å². The summed E-state index contributed by atoms with van der Waals surface area (Å²) in [5.41, 5.74) is 2.76. The van der Waals surface area contributed by atoms with Gasteiger partial charge in [0.2, 0.25) is 0 Å². The fraction of sp³-hybridized carbons (Fsp3) is 0.0800. The number of nitrogens with zero attached hydrogens (tertiary/aromatic N) is 1. The number of ether oxygens (including phenoxy) is 2. The summed E-state index contributed by atoms with van der Waals surface area (Å²) < 4.78 is 17.8. The van der Waals surface area contributed by atoms with E-state index in [2.05, 4.69) is 4.98 Å². The maximum absolute atomic E-state index is 6.14. The standard InChI is InChI=1S/C25H19NO3/c1-17-13-19-7-8-21(15-25(19)28-17)29-24-11-12-26-23-14-20(9-10-22(23)24)27-16-18-5-3-2-4-6-18/h2-15H,16H2,1H3. The highest BCUT2D eigenvalue weighted by molar-refractivity contribution is 5.86. The molecule has 0 saturated carbocycles. The van der Waals surface area contributed by atoms with E-state index in [0.29, 0.717) is 6.61 Å². The first-order valence-corrected chi connectivity index (χ1v) is 9.48. The van der Waals surface area contributed by atoms with Crippen LogP contribution in [0.25, 0.3) is 21.9 Å². The van der Waals surface area contributed by atoms with E-state index in [9.17, 15) is 0 Å². The van der Waals surface area contributed by atoms with Gasteiger partial charge >= 0.3 is 0 Å². The average molecular weight is 381 g/mol. The van der Waals surface area contributed by atoms with E-state index >= 15 is 0 Å². The van der Waals surface area contributed by atoms with Crippen LogP contribution in [0.4, 0.5) is 0 Å². The third kappa shape index (κ3) is 3.65. The van der Waals surface area contributed by atoms with E-state index in [1.165, 1.54) is 0 Å². The summed E-state index contributed by atoms with van der Waals surface area (Å²) in [7, 11) is 0. The highest BCUT2D eigenvalue weighted by atomic mass is 16.5. The SMILES string of the molecule is Cc1cc2ccc(Oc3ccnc4cc(OCc5ccccc5)ccc34)cc2o1. The Balaban J connectivity index is 1.40. The zero-order valence-electron chi connectivity index (χ0n) is 16.0. The number of hydrogen-bond donors (Lipinski definition) is 0. The minimum atomic E-state index is 0.519. The third-order valence-electron chi connectivity index (χ3n) is 4.77. The van der Waals surface area contributed by atoms with Gasteiger partial charge in [0.05, 0.1) is 5.52 Å². The molecule has 4 heteroatoms. The maximum Gasteiger partial charge on any atom is 0.138 e. The van der Waals surface area contributed by atoms with Crippen LogP contribution in [-0.4, -0.2) is 4.98 Å². The van der Waals surface area contributed by atoms with Gasteiger partial charge < -0.3 is 13.9 Å². The van der Waals surface area contributed by atoms with Crippen LogP contribution < -0.4 is 9.47 Å². The van der Waals surface area contributed by atoms with Gasteiger partial charge in [0.15, 0.2) is 0 Å². The first kappa shape index (κ1) is 17.3. The van der Waals surface area contributed by atoms with Gasteiger partial charge in [-0.25, -0.2) is 0 Å². The van der Waals surface area contributed by atoms with Gasteiger partial charge in [0.25, 0.3) is 0 Å². The molecule has 142 valence electrons. The van der Waals surface area contributed by atoms with Crippen molar-refractivity contribution in [1.29, 1.82) is 0 Å². The molecule has 0 saturated heterocycles. The molecule has 0 unspecified atom stereocenters. The number of benzene rings is 3. The minimum Gasteiger partial charge on any atom is -0.489 e. The Kier molecular flexibility index (Phi) is 4.37. The molecule has 0 amide bonds. The van der Waals surface area contributed by atoms with Crippen molar-refractivity contribution in [1.82, 2.24) is 4.98 Å². The second-order valence-electron chi connectivity index (χ2n) is 6.92. The molecule has 5 aromatic rings. The van der Waals surface area contributed by atoms with Crippen LogP contribution in [0.2, 0.25) is 0 Å². The lowest BCUT2D eigenvalue weighted by molar-refractivity contribution is 0.306. The van der Waals surface area contributed by atoms with Gasteiger partial charge in [0.1, 0.15) is 35.2 Å². The lowest BCUT2D eigenvalue weighted by atomic mass is 10.2. The second kappa shape index (κ2) is 7.32. The summed E-state index contributed by atoms with van der Waals surface area (Å²) in [6, 6.07) is 25.7. The number of rotatable bonds is 5. The molecule has 0 atom stereocenters. The molecule has 2 heterocycles. The Morgan fingerprint density at radius 3 is 2.62 bits per heavy atom. The number of furan rings is 1. The molecule has 0 aliphatic carbocycles. The summed E-state index contributed by atoms with van der Waals surface area (Å²) in [6.45, 7) is 2.46. The van der Waals surface area contributed by atoms with E-state index in [4.69, 9.17) is 13.9 Å². The quantitative estimate of drug-likeness (QED) is 0.341. The first-order valence-electron chi connectivity index (χ1n) is 9.48. The Hall–Kier alpha value is -3.79. The molecule has 5 rings (SSSR count). The molecular formula is C25H19NO3. The van der Waals surface area contributed by atoms with Crippen molar-refractivity contribution in [3.63, 3.8) is 0 Å². The topological polar surface area (TPSA) is 44.5 Å². The van der Waals surface area contributed by atoms with Gasteiger partial charge in [-0.1, -0.05) is 30.3 Å². The summed E-state index contributed by atoms with van der Waals surface area (Å²) in [5, 5.41) is 1.99. The van der Waals surface area contributed by atoms with Gasteiger partial charge in [-0.2, -0.15) is 0 Å². The van der Waals surface area contributed by atoms with E-state index < -0.39 is 0 Å². The van der Waals surface area contributed by atoms with Crippen molar-refractivity contribution in [3.05, 3.63) is 96.4 Å². The van der Waals surface area contributed by atoms with Crippen LogP contribution in [0, 0.1) is 6.92 Å². The first-order chi connectivity index (χ1) is 14.2. The lowest BCUT2D eigenvalue weighted by Crippen LogP contribution is -1.95. The molecule has 0 fully saturated rings. The molecule has 0 aliphatic rings. The highest BCUT2D eigenvalue weighted by Crippen LogP contribution is 2.32. The molecular weight excluding hydrogens is 362 g/mol. The van der Waals surface area contributed by atoms with Crippen LogP contribution in [-0.2, 0) is 6.61 Å². The summed E-state index contributed by atoms with van der Waals surface area (Å²) in [5.74, 6) is 3.13. The number of hydrogen-bond acceptors (Lipinski definition) is 4. The molecule has 0 N–H and O–H groups in total. The average Bonchev–Trinajstić information content (AvgIpc) is 3.12. The zero-order chi connectivity index (χ0) is 19.6. The third-order valence-corrected chi connectivity index (χ3v) is 4.77. The van der Waals surface area contributed by atoms with Crippen LogP contribution in [0.3, 0.4) is 0 Å². The lowest BCUT2D eigenvalue weighted by Gasteiger charge is -2.10. The van der Waals surface area contributed by atoms with Crippen LogP contribution in [0.5, 0.6) is 17.2 Å². The molecule has 3 aromatic carbocycles. The Labute approximate surface area is 168 Å². The van der Waals surface area contributed by atoms with E-state index in [-0.39, 0.29) is 0 Å². The monoisotopic (exact) mass is 381 g/mol. The van der Waals surface area contributed by atoms with Crippen molar-refractivity contribution < 1.29 is 13.9 Å². The van der Waals surface area contributed by atoms with Crippen LogP contribution in [0.15, 0.2) is 89.5 Å². The molecule has 29 heavy (non-hydrogen) atoms. The fourth-order valence-corrected chi connectivity index (χ4v) is 3.36. The van der Waals surface area contributed by atoms with Crippen LogP contribution >= 0.6 is 0 Å².